The summed E-state index contributed by atoms with van der Waals surface area (Å²) in [4.78, 5) is 30.1. The Bertz CT molecular complexity index is 1060. The molecule has 2 aromatic rings. The zero-order chi connectivity index (χ0) is 27.2. The number of carbonyl (C=O) groups excluding carboxylic acids is 2. The molecule has 1 heterocycles. The molecule has 0 saturated carbocycles. The third-order valence-corrected chi connectivity index (χ3v) is 7.47. The van der Waals surface area contributed by atoms with E-state index in [4.69, 9.17) is 9.47 Å². The molecule has 3 rings (SSSR count). The van der Waals surface area contributed by atoms with Gasteiger partial charge in [-0.05, 0) is 63.5 Å². The highest BCUT2D eigenvalue weighted by atomic mass is 16.5. The molecule has 200 valence electrons. The fourth-order valence-corrected chi connectivity index (χ4v) is 4.96. The Hall–Kier alpha value is -3.16. The second-order valence-corrected chi connectivity index (χ2v) is 9.95. The van der Waals surface area contributed by atoms with Gasteiger partial charge in [0.2, 0.25) is 5.91 Å². The van der Waals surface area contributed by atoms with Crippen LogP contribution in [0.4, 0.5) is 4.79 Å². The summed E-state index contributed by atoms with van der Waals surface area (Å²) >= 11 is 0. The molecule has 0 spiro atoms. The summed E-state index contributed by atoms with van der Waals surface area (Å²) in [5.41, 5.74) is 2.46. The van der Waals surface area contributed by atoms with Crippen molar-refractivity contribution in [1.29, 1.82) is 0 Å². The van der Waals surface area contributed by atoms with E-state index in [2.05, 4.69) is 16.8 Å². The van der Waals surface area contributed by atoms with E-state index in [0.717, 1.165) is 16.7 Å². The molecule has 0 aliphatic carbocycles. The number of nitrogens with one attached hydrogen (secondary N) is 1. The van der Waals surface area contributed by atoms with Gasteiger partial charge in [0.1, 0.15) is 11.2 Å². The van der Waals surface area contributed by atoms with E-state index in [-0.39, 0.29) is 18.0 Å². The molecule has 1 aliphatic heterocycles. The number of imide groups is 1. The predicted octanol–water partition coefficient (Wildman–Crippen LogP) is 5.62. The first-order valence-corrected chi connectivity index (χ1v) is 13.0. The minimum absolute atomic E-state index is 0.112. The molecule has 3 amide bonds. The number of likely N-dealkylation sites (tertiary alicyclic amines) is 1. The summed E-state index contributed by atoms with van der Waals surface area (Å²) in [6.07, 6.45) is 2.79. The first-order valence-electron chi connectivity index (χ1n) is 13.0. The van der Waals surface area contributed by atoms with Crippen LogP contribution in [0.3, 0.4) is 0 Å². The molecule has 0 radical (unpaired) electrons. The third kappa shape index (κ3) is 5.89. The highest BCUT2D eigenvalue weighted by molar-refractivity contribution is 6.03. The second kappa shape index (κ2) is 12.4. The summed E-state index contributed by atoms with van der Waals surface area (Å²) in [5.74, 6) is 0.409. The van der Waals surface area contributed by atoms with Crippen LogP contribution in [0.2, 0.25) is 0 Å². The number of rotatable bonds is 12. The van der Waals surface area contributed by atoms with Crippen molar-refractivity contribution in [3.8, 4) is 5.75 Å². The number of likely N-dealkylation sites (N-methyl/N-ethyl adjacent to an activating group) is 1. The van der Waals surface area contributed by atoms with E-state index >= 15 is 0 Å². The normalized spacial score (nSPS) is 18.2. The lowest BCUT2D eigenvalue weighted by molar-refractivity contribution is -0.191. The number of hydrogen-bond donors (Lipinski definition) is 1. The van der Waals surface area contributed by atoms with Gasteiger partial charge in [0, 0.05) is 7.11 Å². The Morgan fingerprint density at radius 3 is 2.22 bits per heavy atom. The largest absolute Gasteiger partial charge is 0.469 e. The van der Waals surface area contributed by atoms with E-state index in [0.29, 0.717) is 31.6 Å². The van der Waals surface area contributed by atoms with E-state index in [9.17, 15) is 9.59 Å². The van der Waals surface area contributed by atoms with E-state index in [1.54, 1.807) is 13.2 Å². The van der Waals surface area contributed by atoms with Gasteiger partial charge in [-0.2, -0.15) is 0 Å². The first kappa shape index (κ1) is 28.4. The van der Waals surface area contributed by atoms with Gasteiger partial charge in [0.25, 0.3) is 0 Å². The molecule has 1 unspecified atom stereocenters. The minimum Gasteiger partial charge on any atom is -0.469 e. The number of hydrogen-bond acceptors (Lipinski definition) is 5. The molecule has 37 heavy (non-hydrogen) atoms. The van der Waals surface area contributed by atoms with E-state index < -0.39 is 17.7 Å². The monoisotopic (exact) mass is 507 g/mol. The average molecular weight is 508 g/mol. The lowest BCUT2D eigenvalue weighted by Gasteiger charge is -2.53. The average Bonchev–Trinajstić information content (AvgIpc) is 2.88. The highest BCUT2D eigenvalue weighted by Gasteiger charge is 2.63. The van der Waals surface area contributed by atoms with Gasteiger partial charge >= 0.3 is 6.03 Å². The maximum absolute atomic E-state index is 13.4. The van der Waals surface area contributed by atoms with Gasteiger partial charge in [-0.1, -0.05) is 61.9 Å². The number of benzene rings is 2. The first-order chi connectivity index (χ1) is 17.7. The molecule has 0 bridgehead atoms. The van der Waals surface area contributed by atoms with Crippen LogP contribution < -0.4 is 10.1 Å². The van der Waals surface area contributed by atoms with Gasteiger partial charge in [-0.25, -0.2) is 9.69 Å². The molecular weight excluding hydrogens is 466 g/mol. The summed E-state index contributed by atoms with van der Waals surface area (Å²) in [5, 5.41) is 3.03. The lowest BCUT2D eigenvalue weighted by atomic mass is 9.72. The van der Waals surface area contributed by atoms with Crippen molar-refractivity contribution >= 4 is 11.9 Å². The number of carbonyl (C=O) groups is 2. The molecule has 0 aromatic heterocycles. The fraction of sp³-hybridized carbons (Fsp3) is 0.467. The van der Waals surface area contributed by atoms with Crippen LogP contribution in [0.1, 0.15) is 61.9 Å². The van der Waals surface area contributed by atoms with Gasteiger partial charge in [-0.3, -0.25) is 4.79 Å². The predicted molar refractivity (Wildman–Crippen MR) is 146 cm³/mol. The smallest absolute Gasteiger partial charge is 0.327 e. The minimum atomic E-state index is -0.740. The maximum atomic E-state index is 13.4. The Labute approximate surface area is 221 Å². The van der Waals surface area contributed by atoms with Crippen molar-refractivity contribution in [3.05, 3.63) is 77.9 Å². The van der Waals surface area contributed by atoms with Crippen LogP contribution in [0, 0.1) is 12.3 Å². The number of aryl methyl sites for hydroxylation is 1. The lowest BCUT2D eigenvalue weighted by Crippen LogP contribution is -2.73. The quantitative estimate of drug-likeness (QED) is 0.298. The van der Waals surface area contributed by atoms with Crippen molar-refractivity contribution in [3.63, 3.8) is 0 Å². The van der Waals surface area contributed by atoms with Crippen LogP contribution in [-0.2, 0) is 9.53 Å². The van der Waals surface area contributed by atoms with E-state index in [1.165, 1.54) is 4.90 Å². The van der Waals surface area contributed by atoms with Crippen LogP contribution in [0.15, 0.2) is 61.2 Å². The van der Waals surface area contributed by atoms with Crippen LogP contribution in [0.25, 0.3) is 0 Å². The second-order valence-electron chi connectivity index (χ2n) is 9.95. The van der Waals surface area contributed by atoms with Crippen LogP contribution >= 0.6 is 0 Å². The van der Waals surface area contributed by atoms with Crippen molar-refractivity contribution in [2.24, 2.45) is 5.41 Å². The maximum Gasteiger partial charge on any atom is 0.327 e. The van der Waals surface area contributed by atoms with E-state index in [1.807, 2.05) is 83.4 Å². The Balaban J connectivity index is 1.82. The van der Waals surface area contributed by atoms with Crippen LogP contribution in [0.5, 0.6) is 5.75 Å². The number of methoxy groups -OCH3 is 1. The zero-order valence-electron chi connectivity index (χ0n) is 23.0. The molecule has 7 nitrogen and oxygen atoms in total. The van der Waals surface area contributed by atoms with Crippen molar-refractivity contribution in [1.82, 2.24) is 15.1 Å². The summed E-state index contributed by atoms with van der Waals surface area (Å²) in [6, 6.07) is 15.1. The molecule has 1 aliphatic rings. The zero-order valence-corrected chi connectivity index (χ0v) is 23.0. The third-order valence-electron chi connectivity index (χ3n) is 7.47. The van der Waals surface area contributed by atoms with Crippen LogP contribution in [-0.4, -0.2) is 55.8 Å². The number of urea groups is 1. The fourth-order valence-electron chi connectivity index (χ4n) is 4.96. The van der Waals surface area contributed by atoms with Crippen molar-refractivity contribution in [2.75, 3.05) is 27.8 Å². The number of ether oxygens (including phenoxy) is 2. The summed E-state index contributed by atoms with van der Waals surface area (Å²) in [7, 11) is 5.71. The number of amides is 3. The molecule has 1 saturated heterocycles. The molecule has 3 atom stereocenters. The summed E-state index contributed by atoms with van der Waals surface area (Å²) < 4.78 is 11.7. The molecule has 2 aromatic carbocycles. The molecule has 7 heteroatoms. The van der Waals surface area contributed by atoms with Gasteiger partial charge in [0.15, 0.2) is 6.23 Å². The Morgan fingerprint density at radius 2 is 1.70 bits per heavy atom. The SMILES string of the molecule is C=CCC(NC(=O)N1C(=O)C(CC)(CC)[C@H]1Oc1ccc([C@@H](COC)N(C)C)cc1)c1ccc(C)cc1. The topological polar surface area (TPSA) is 71.1 Å². The van der Waals surface area contributed by atoms with Gasteiger partial charge in [-0.15, -0.1) is 6.58 Å². The van der Waals surface area contributed by atoms with Crippen molar-refractivity contribution < 1.29 is 19.1 Å². The van der Waals surface area contributed by atoms with Gasteiger partial charge < -0.3 is 19.7 Å². The number of β-lactam (4-membered cyclic amide) rings is 1. The number of nitrogens with zero attached hydrogens (tertiary/aromatic N) is 2. The van der Waals surface area contributed by atoms with Crippen molar-refractivity contribution in [2.45, 2.75) is 58.3 Å². The standard InChI is InChI=1S/C30H41N3O4/c1-8-11-25(22-14-12-21(4)13-15-22)31-29(35)33-27(34)30(9-2,10-3)28(33)37-24-18-16-23(17-19-24)26(20-36-7)32(5)6/h8,12-19,25-26,28H,1,9-11,20H2,2-7H3,(H,31,35)/t25?,26-,28-/m1/s1. The molecule has 1 N–H and O–H groups in total. The highest BCUT2D eigenvalue weighted by Crippen LogP contribution is 2.46. The molecular formula is C30H41N3O4. The molecule has 1 fully saturated rings. The Morgan fingerprint density at radius 1 is 1.11 bits per heavy atom. The summed E-state index contributed by atoms with van der Waals surface area (Å²) in [6.45, 7) is 10.4. The van der Waals surface area contributed by atoms with Gasteiger partial charge in [0.05, 0.1) is 18.7 Å². The Kier molecular flexibility index (Phi) is 9.51.